The maximum absolute atomic E-state index is 13.1. The molecule has 0 spiro atoms. The Morgan fingerprint density at radius 3 is 2.39 bits per heavy atom. The van der Waals surface area contributed by atoms with Gasteiger partial charge in [0.15, 0.2) is 12.4 Å². The van der Waals surface area contributed by atoms with Crippen LogP contribution in [-0.2, 0) is 4.74 Å². The quantitative estimate of drug-likeness (QED) is 0.532. The molecule has 3 rings (SSSR count). The molecule has 0 unspecified atom stereocenters. The van der Waals surface area contributed by atoms with Gasteiger partial charge in [0.2, 0.25) is 0 Å². The van der Waals surface area contributed by atoms with Crippen LogP contribution in [0.4, 0.5) is 33.9 Å². The van der Waals surface area contributed by atoms with Gasteiger partial charge in [0.05, 0.1) is 6.04 Å². The number of nitrogens with zero attached hydrogens (tertiary/aromatic N) is 3. The molecule has 33 heavy (non-hydrogen) atoms. The number of primary amides is 1. The van der Waals surface area contributed by atoms with Crippen LogP contribution >= 0.6 is 0 Å². The largest absolute Gasteiger partial charge is 0.440 e. The second kappa shape index (κ2) is 10.1. The third-order valence-electron chi connectivity index (χ3n) is 5.39. The second-order valence-corrected chi connectivity index (χ2v) is 7.66. The fourth-order valence-electron chi connectivity index (χ4n) is 3.72. The third kappa shape index (κ3) is 6.34. The van der Waals surface area contributed by atoms with Crippen LogP contribution in [0.15, 0.2) is 30.5 Å². The summed E-state index contributed by atoms with van der Waals surface area (Å²) in [5, 5.41) is 7.34. The average Bonchev–Trinajstić information content (AvgIpc) is 3.18. The minimum Gasteiger partial charge on any atom is -0.440 e. The van der Waals surface area contributed by atoms with Crippen molar-refractivity contribution in [3.05, 3.63) is 41.8 Å². The van der Waals surface area contributed by atoms with Crippen LogP contribution in [0.5, 0.6) is 0 Å². The normalized spacial score (nSPS) is 15.8. The molecule has 0 saturated carbocycles. The van der Waals surface area contributed by atoms with Gasteiger partial charge in [0.25, 0.3) is 5.91 Å². The number of aromatic nitrogens is 2. The molecule has 0 aliphatic carbocycles. The zero-order chi connectivity index (χ0) is 24.2. The zero-order valence-corrected chi connectivity index (χ0v) is 17.5. The van der Waals surface area contributed by atoms with Gasteiger partial charge < -0.3 is 26.4 Å². The third-order valence-corrected chi connectivity index (χ3v) is 5.39. The number of amides is 2. The van der Waals surface area contributed by atoms with Gasteiger partial charge in [-0.15, -0.1) is 0 Å². The van der Waals surface area contributed by atoms with Crippen LogP contribution in [0, 0.1) is 11.7 Å². The van der Waals surface area contributed by atoms with Gasteiger partial charge in [0.1, 0.15) is 11.4 Å². The SMILES string of the molecule is NC[C@@H](C1CCN(C(=O)OCC(F)(F)F)CC1)n1cc(C(N)=O)c(Nc2ccc(F)cc2)n1. The molecule has 180 valence electrons. The highest BCUT2D eigenvalue weighted by atomic mass is 19.4. The van der Waals surface area contributed by atoms with Gasteiger partial charge in [-0.1, -0.05) is 0 Å². The molecule has 0 bridgehead atoms. The summed E-state index contributed by atoms with van der Waals surface area (Å²) >= 11 is 0. The number of likely N-dealkylation sites (tertiary alicyclic amines) is 1. The van der Waals surface area contributed by atoms with Crippen LogP contribution in [0.1, 0.15) is 29.2 Å². The molecule has 1 aromatic carbocycles. The van der Waals surface area contributed by atoms with Gasteiger partial charge in [-0.05, 0) is 43.0 Å². The minimum atomic E-state index is -4.59. The van der Waals surface area contributed by atoms with E-state index in [1.807, 2.05) is 0 Å². The number of anilines is 2. The van der Waals surface area contributed by atoms with Crippen molar-refractivity contribution in [1.29, 1.82) is 0 Å². The van der Waals surface area contributed by atoms with Crippen molar-refractivity contribution in [2.75, 3.05) is 31.6 Å². The van der Waals surface area contributed by atoms with Crippen LogP contribution < -0.4 is 16.8 Å². The number of hydrogen-bond acceptors (Lipinski definition) is 6. The molecule has 1 aliphatic heterocycles. The fraction of sp³-hybridized carbons (Fsp3) is 0.450. The molecular weight excluding hydrogens is 448 g/mol. The van der Waals surface area contributed by atoms with E-state index < -0.39 is 30.6 Å². The number of piperidine rings is 1. The van der Waals surface area contributed by atoms with E-state index in [4.69, 9.17) is 11.5 Å². The average molecular weight is 472 g/mol. The van der Waals surface area contributed by atoms with Crippen molar-refractivity contribution in [3.63, 3.8) is 0 Å². The zero-order valence-electron chi connectivity index (χ0n) is 17.5. The molecule has 1 aliphatic rings. The number of alkyl halides is 3. The molecule has 1 atom stereocenters. The first kappa shape index (κ1) is 24.3. The molecule has 13 heteroatoms. The molecule has 0 radical (unpaired) electrons. The lowest BCUT2D eigenvalue weighted by Gasteiger charge is -2.35. The molecule has 2 amide bonds. The Bertz CT molecular complexity index is 971. The van der Waals surface area contributed by atoms with E-state index in [2.05, 4.69) is 15.2 Å². The molecule has 9 nitrogen and oxygen atoms in total. The van der Waals surface area contributed by atoms with Crippen LogP contribution in [0.3, 0.4) is 0 Å². The summed E-state index contributed by atoms with van der Waals surface area (Å²) < 4.78 is 55.7. The molecule has 2 aromatic rings. The molecule has 1 aromatic heterocycles. The number of hydrogen-bond donors (Lipinski definition) is 3. The highest BCUT2D eigenvalue weighted by molar-refractivity contribution is 5.98. The number of nitrogens with two attached hydrogens (primary N) is 2. The molecular formula is C20H24F4N6O3. The smallest absolute Gasteiger partial charge is 0.422 e. The van der Waals surface area contributed by atoms with E-state index in [9.17, 15) is 27.2 Å². The van der Waals surface area contributed by atoms with E-state index in [0.29, 0.717) is 18.5 Å². The van der Waals surface area contributed by atoms with Crippen LogP contribution in [0.25, 0.3) is 0 Å². The van der Waals surface area contributed by atoms with Crippen molar-refractivity contribution < 1.29 is 31.9 Å². The minimum absolute atomic E-state index is 0.0547. The molecule has 5 N–H and O–H groups in total. The molecule has 1 fully saturated rings. The Morgan fingerprint density at radius 2 is 1.85 bits per heavy atom. The lowest BCUT2D eigenvalue weighted by Crippen LogP contribution is -2.42. The van der Waals surface area contributed by atoms with Crippen molar-refractivity contribution >= 4 is 23.5 Å². The van der Waals surface area contributed by atoms with Gasteiger partial charge >= 0.3 is 12.3 Å². The number of ether oxygens (including phenoxy) is 1. The van der Waals surface area contributed by atoms with Crippen LogP contribution in [0.2, 0.25) is 0 Å². The van der Waals surface area contributed by atoms with E-state index in [1.165, 1.54) is 40.0 Å². The number of rotatable bonds is 7. The highest BCUT2D eigenvalue weighted by Gasteiger charge is 2.34. The topological polar surface area (TPSA) is 128 Å². The summed E-state index contributed by atoms with van der Waals surface area (Å²) in [6, 6.07) is 5.11. The maximum Gasteiger partial charge on any atom is 0.422 e. The van der Waals surface area contributed by atoms with E-state index >= 15 is 0 Å². The van der Waals surface area contributed by atoms with Crippen molar-refractivity contribution in [1.82, 2.24) is 14.7 Å². The van der Waals surface area contributed by atoms with E-state index in [1.54, 1.807) is 0 Å². The van der Waals surface area contributed by atoms with Gasteiger partial charge in [-0.25, -0.2) is 9.18 Å². The Morgan fingerprint density at radius 1 is 1.21 bits per heavy atom. The predicted molar refractivity (Wildman–Crippen MR) is 110 cm³/mol. The maximum atomic E-state index is 13.1. The predicted octanol–water partition coefficient (Wildman–Crippen LogP) is 2.78. The Hall–Kier alpha value is -3.35. The summed E-state index contributed by atoms with van der Waals surface area (Å²) in [6.07, 6.45) is -3.23. The summed E-state index contributed by atoms with van der Waals surface area (Å²) in [7, 11) is 0. The Balaban J connectivity index is 1.68. The van der Waals surface area contributed by atoms with E-state index in [-0.39, 0.29) is 43.0 Å². The first-order valence-corrected chi connectivity index (χ1v) is 10.2. The monoisotopic (exact) mass is 472 g/mol. The van der Waals surface area contributed by atoms with Gasteiger partial charge in [-0.2, -0.15) is 18.3 Å². The molecule has 1 saturated heterocycles. The van der Waals surface area contributed by atoms with Crippen LogP contribution in [-0.4, -0.2) is 59.1 Å². The lowest BCUT2D eigenvalue weighted by atomic mass is 9.89. The summed E-state index contributed by atoms with van der Waals surface area (Å²) in [4.78, 5) is 25.0. The van der Waals surface area contributed by atoms with Gasteiger partial charge in [0, 0.05) is 31.5 Å². The molecule has 2 heterocycles. The fourth-order valence-corrected chi connectivity index (χ4v) is 3.72. The summed E-state index contributed by atoms with van der Waals surface area (Å²) in [6.45, 7) is -1.08. The Labute approximate surface area is 186 Å². The second-order valence-electron chi connectivity index (χ2n) is 7.66. The van der Waals surface area contributed by atoms with Crippen molar-refractivity contribution in [3.8, 4) is 0 Å². The first-order valence-electron chi connectivity index (χ1n) is 10.2. The Kier molecular flexibility index (Phi) is 7.41. The number of benzene rings is 1. The van der Waals surface area contributed by atoms with Crippen molar-refractivity contribution in [2.45, 2.75) is 25.1 Å². The number of nitrogens with one attached hydrogen (secondary N) is 1. The summed E-state index contributed by atoms with van der Waals surface area (Å²) in [5.74, 6) is -1.01. The lowest BCUT2D eigenvalue weighted by molar-refractivity contribution is -0.162. The van der Waals surface area contributed by atoms with Gasteiger partial charge in [-0.3, -0.25) is 9.48 Å². The highest BCUT2D eigenvalue weighted by Crippen LogP contribution is 2.30. The number of carbonyl (C=O) groups excluding carboxylic acids is 2. The first-order chi connectivity index (χ1) is 15.6. The summed E-state index contributed by atoms with van der Waals surface area (Å²) in [5.41, 5.74) is 12.1. The number of carbonyl (C=O) groups is 2. The number of halogens is 4. The standard InChI is InChI=1S/C20H24F4N6O3/c21-13-1-3-14(4-2-13)27-18-15(17(26)31)10-30(28-18)16(9-25)12-5-7-29(8-6-12)19(32)33-11-20(22,23)24/h1-4,10,12,16H,5-9,11,25H2,(H2,26,31)(H,27,28)/t16-/m0/s1. The van der Waals surface area contributed by atoms with Crippen molar-refractivity contribution in [2.24, 2.45) is 17.4 Å². The van der Waals surface area contributed by atoms with E-state index in [0.717, 1.165) is 0 Å².